The van der Waals surface area contributed by atoms with Crippen molar-refractivity contribution >= 4 is 40.8 Å². The van der Waals surface area contributed by atoms with E-state index < -0.39 is 11.4 Å². The first-order chi connectivity index (χ1) is 12.0. The Labute approximate surface area is 163 Å². The lowest BCUT2D eigenvalue weighted by Crippen LogP contribution is -2.40. The van der Waals surface area contributed by atoms with E-state index in [2.05, 4.69) is 5.32 Å². The fourth-order valence-corrected chi connectivity index (χ4v) is 3.13. The summed E-state index contributed by atoms with van der Waals surface area (Å²) in [5.74, 6) is -1.49. The van der Waals surface area contributed by atoms with Gasteiger partial charge >= 0.3 is 0 Å². The van der Waals surface area contributed by atoms with E-state index in [1.54, 1.807) is 32.0 Å². The molecule has 0 aliphatic rings. The summed E-state index contributed by atoms with van der Waals surface area (Å²) in [7, 11) is 0. The van der Waals surface area contributed by atoms with Gasteiger partial charge in [0.05, 0.1) is 10.0 Å². The van der Waals surface area contributed by atoms with Crippen molar-refractivity contribution in [2.45, 2.75) is 34.1 Å². The van der Waals surface area contributed by atoms with Crippen molar-refractivity contribution in [1.82, 2.24) is 0 Å². The lowest BCUT2D eigenvalue weighted by Gasteiger charge is -2.27. The highest BCUT2D eigenvalue weighted by Gasteiger charge is 2.24. The Morgan fingerprint density at radius 2 is 1.73 bits per heavy atom. The third-order valence-electron chi connectivity index (χ3n) is 4.15. The molecule has 0 aromatic heterocycles. The minimum atomic E-state index is -1.16. The first kappa shape index (κ1) is 20.3. The second-order valence-corrected chi connectivity index (χ2v) is 7.86. The van der Waals surface area contributed by atoms with Crippen molar-refractivity contribution in [1.29, 1.82) is 0 Å². The van der Waals surface area contributed by atoms with E-state index in [1.165, 1.54) is 0 Å². The SMILES string of the molecule is Cc1cc(C)c(C(=O)Nc2ccc(Cl)c(Cl)c2)c(CC(C)(C)C(=O)[O-])c1. The maximum absolute atomic E-state index is 12.9. The average Bonchev–Trinajstić information content (AvgIpc) is 2.49. The molecule has 0 heterocycles. The molecule has 0 atom stereocenters. The highest BCUT2D eigenvalue weighted by atomic mass is 35.5. The molecule has 2 aromatic carbocycles. The van der Waals surface area contributed by atoms with E-state index in [9.17, 15) is 14.7 Å². The quantitative estimate of drug-likeness (QED) is 0.829. The Bertz CT molecular complexity index is 876. The molecular weight excluding hydrogens is 373 g/mol. The number of aryl methyl sites for hydroxylation is 2. The molecule has 1 N–H and O–H groups in total. The Morgan fingerprint density at radius 3 is 2.31 bits per heavy atom. The van der Waals surface area contributed by atoms with Crippen LogP contribution in [0.4, 0.5) is 5.69 Å². The number of carbonyl (C=O) groups excluding carboxylic acids is 2. The second-order valence-electron chi connectivity index (χ2n) is 7.05. The van der Waals surface area contributed by atoms with Crippen LogP contribution in [0.25, 0.3) is 0 Å². The summed E-state index contributed by atoms with van der Waals surface area (Å²) in [6.07, 6.45) is 0.183. The minimum Gasteiger partial charge on any atom is -0.550 e. The van der Waals surface area contributed by atoms with Crippen molar-refractivity contribution < 1.29 is 14.7 Å². The van der Waals surface area contributed by atoms with Gasteiger partial charge in [0.2, 0.25) is 0 Å². The molecule has 0 saturated heterocycles. The maximum atomic E-state index is 12.9. The second kappa shape index (κ2) is 7.68. The Hall–Kier alpha value is -2.04. The summed E-state index contributed by atoms with van der Waals surface area (Å²) in [6, 6.07) is 8.54. The molecular formula is C20H20Cl2NO3-. The van der Waals surface area contributed by atoms with E-state index in [0.29, 0.717) is 26.9 Å². The number of aliphatic carboxylic acids is 1. The van der Waals surface area contributed by atoms with Crippen LogP contribution in [-0.4, -0.2) is 11.9 Å². The van der Waals surface area contributed by atoms with Crippen LogP contribution >= 0.6 is 23.2 Å². The molecule has 0 radical (unpaired) electrons. The van der Waals surface area contributed by atoms with Gasteiger partial charge in [-0.2, -0.15) is 0 Å². The number of amides is 1. The number of carboxylic acids is 1. The van der Waals surface area contributed by atoms with Gasteiger partial charge in [-0.1, -0.05) is 54.7 Å². The third kappa shape index (κ3) is 4.57. The maximum Gasteiger partial charge on any atom is 0.256 e. The van der Waals surface area contributed by atoms with E-state index in [1.807, 2.05) is 26.0 Å². The summed E-state index contributed by atoms with van der Waals surface area (Å²) >= 11 is 11.9. The van der Waals surface area contributed by atoms with Crippen LogP contribution in [0.1, 0.15) is 40.9 Å². The number of hydrogen-bond donors (Lipinski definition) is 1. The number of carbonyl (C=O) groups is 2. The molecule has 26 heavy (non-hydrogen) atoms. The van der Waals surface area contributed by atoms with Gasteiger partial charge in [0.25, 0.3) is 5.91 Å². The highest BCUT2D eigenvalue weighted by Crippen LogP contribution is 2.29. The summed E-state index contributed by atoms with van der Waals surface area (Å²) < 4.78 is 0. The molecule has 0 aliphatic heterocycles. The van der Waals surface area contributed by atoms with Gasteiger partial charge in [-0.25, -0.2) is 0 Å². The molecule has 0 fully saturated rings. The molecule has 0 bridgehead atoms. The topological polar surface area (TPSA) is 69.2 Å². The third-order valence-corrected chi connectivity index (χ3v) is 4.89. The van der Waals surface area contributed by atoms with Crippen molar-refractivity contribution in [3.63, 3.8) is 0 Å². The highest BCUT2D eigenvalue weighted by molar-refractivity contribution is 6.42. The van der Waals surface area contributed by atoms with Crippen LogP contribution in [0, 0.1) is 19.3 Å². The number of rotatable bonds is 5. The monoisotopic (exact) mass is 392 g/mol. The number of anilines is 1. The lowest BCUT2D eigenvalue weighted by molar-refractivity contribution is -0.317. The molecule has 0 saturated carbocycles. The predicted molar refractivity (Wildman–Crippen MR) is 103 cm³/mol. The number of halogens is 2. The van der Waals surface area contributed by atoms with Gasteiger partial charge in [0, 0.05) is 22.6 Å². The normalized spacial score (nSPS) is 11.3. The molecule has 1 amide bonds. The zero-order valence-electron chi connectivity index (χ0n) is 15.1. The molecule has 0 spiro atoms. The Kier molecular flexibility index (Phi) is 5.99. The first-order valence-corrected chi connectivity index (χ1v) is 8.85. The van der Waals surface area contributed by atoms with Crippen LogP contribution < -0.4 is 10.4 Å². The van der Waals surface area contributed by atoms with Crippen molar-refractivity contribution in [2.75, 3.05) is 5.32 Å². The molecule has 0 aliphatic carbocycles. The summed E-state index contributed by atoms with van der Waals surface area (Å²) in [4.78, 5) is 24.3. The predicted octanol–water partition coefficient (Wildman–Crippen LogP) is 4.18. The number of carboxylic acid groups (broad SMARTS) is 1. The van der Waals surface area contributed by atoms with Crippen molar-refractivity contribution in [2.24, 2.45) is 5.41 Å². The molecule has 2 rings (SSSR count). The summed E-state index contributed by atoms with van der Waals surface area (Å²) in [5.41, 5.74) is 2.25. The molecule has 0 unspecified atom stereocenters. The lowest BCUT2D eigenvalue weighted by atomic mass is 9.82. The van der Waals surface area contributed by atoms with Crippen LogP contribution in [0.5, 0.6) is 0 Å². The van der Waals surface area contributed by atoms with Crippen LogP contribution in [0.15, 0.2) is 30.3 Å². The Balaban J connectivity index is 2.42. The van der Waals surface area contributed by atoms with Crippen molar-refractivity contribution in [3.05, 3.63) is 62.6 Å². The van der Waals surface area contributed by atoms with Crippen LogP contribution in [-0.2, 0) is 11.2 Å². The van der Waals surface area contributed by atoms with E-state index in [-0.39, 0.29) is 12.3 Å². The molecule has 6 heteroatoms. The fourth-order valence-electron chi connectivity index (χ4n) is 2.84. The smallest absolute Gasteiger partial charge is 0.256 e. The standard InChI is InChI=1S/C20H21Cl2NO3/c1-11-7-12(2)17(13(8-11)10-20(3,4)19(25)26)18(24)23-14-5-6-15(21)16(22)9-14/h5-9H,10H2,1-4H3,(H,23,24)(H,25,26)/p-1. The van der Waals surface area contributed by atoms with Gasteiger partial charge in [0.15, 0.2) is 0 Å². The van der Waals surface area contributed by atoms with Gasteiger partial charge in [0.1, 0.15) is 0 Å². The minimum absolute atomic E-state index is 0.183. The number of nitrogens with one attached hydrogen (secondary N) is 1. The number of benzene rings is 2. The summed E-state index contributed by atoms with van der Waals surface area (Å²) in [6.45, 7) is 6.90. The van der Waals surface area contributed by atoms with E-state index >= 15 is 0 Å². The fraction of sp³-hybridized carbons (Fsp3) is 0.300. The van der Waals surface area contributed by atoms with Crippen LogP contribution in [0.2, 0.25) is 10.0 Å². The van der Waals surface area contributed by atoms with Gasteiger partial charge < -0.3 is 15.2 Å². The zero-order valence-corrected chi connectivity index (χ0v) is 16.6. The van der Waals surface area contributed by atoms with Gasteiger partial charge in [-0.3, -0.25) is 4.79 Å². The van der Waals surface area contributed by atoms with Crippen LogP contribution in [0.3, 0.4) is 0 Å². The largest absolute Gasteiger partial charge is 0.550 e. The zero-order chi connectivity index (χ0) is 19.6. The van der Waals surface area contributed by atoms with Gasteiger partial charge in [-0.15, -0.1) is 0 Å². The molecule has 138 valence electrons. The van der Waals surface area contributed by atoms with E-state index in [4.69, 9.17) is 23.2 Å². The molecule has 4 nitrogen and oxygen atoms in total. The molecule has 2 aromatic rings. The number of hydrogen-bond acceptors (Lipinski definition) is 3. The van der Waals surface area contributed by atoms with Gasteiger partial charge in [-0.05, 0) is 49.6 Å². The van der Waals surface area contributed by atoms with Crippen molar-refractivity contribution in [3.8, 4) is 0 Å². The van der Waals surface area contributed by atoms with E-state index in [0.717, 1.165) is 11.1 Å². The average molecular weight is 393 g/mol. The first-order valence-electron chi connectivity index (χ1n) is 8.09. The summed E-state index contributed by atoms with van der Waals surface area (Å²) in [5, 5.41) is 14.9. The Morgan fingerprint density at radius 1 is 1.08 bits per heavy atom.